The molecule has 2 rings (SSSR count). The molecule has 0 aliphatic carbocycles. The van der Waals surface area contributed by atoms with Crippen LogP contribution < -0.4 is 15.4 Å². The summed E-state index contributed by atoms with van der Waals surface area (Å²) in [7, 11) is 1.51. The van der Waals surface area contributed by atoms with Gasteiger partial charge in [0.05, 0.1) is 0 Å². The smallest absolute Gasteiger partial charge is 0.350 e. The van der Waals surface area contributed by atoms with Crippen LogP contribution in [-0.2, 0) is 14.3 Å². The summed E-state index contributed by atoms with van der Waals surface area (Å²) in [6.07, 6.45) is 0. The number of anilines is 1. The fourth-order valence-corrected chi connectivity index (χ4v) is 2.35. The molecule has 0 bridgehead atoms. The van der Waals surface area contributed by atoms with E-state index in [1.807, 2.05) is 0 Å². The topological polar surface area (TPSA) is 93.7 Å². The number of hydrogen-bond acceptors (Lipinski definition) is 5. The second kappa shape index (κ2) is 9.23. The summed E-state index contributed by atoms with van der Waals surface area (Å²) in [5, 5.41) is 5.62. The van der Waals surface area contributed by atoms with Crippen molar-refractivity contribution in [2.75, 3.05) is 19.0 Å². The first kappa shape index (κ1) is 21.2. The number of esters is 1. The van der Waals surface area contributed by atoms with Gasteiger partial charge in [-0.1, -0.05) is 17.7 Å². The number of rotatable bonds is 7. The Hall–Kier alpha value is -3.06. The predicted octanol–water partition coefficient (Wildman–Crippen LogP) is 3.04. The van der Waals surface area contributed by atoms with Gasteiger partial charge in [-0.2, -0.15) is 0 Å². The number of halogens is 1. The summed E-state index contributed by atoms with van der Waals surface area (Å²) in [6, 6.07) is 12.9. The summed E-state index contributed by atoms with van der Waals surface area (Å²) in [5.41, 5.74) is -0.485. The molecule has 0 fully saturated rings. The van der Waals surface area contributed by atoms with Crippen molar-refractivity contribution in [3.63, 3.8) is 0 Å². The van der Waals surface area contributed by atoms with Crippen LogP contribution in [0.25, 0.3) is 0 Å². The first-order valence-electron chi connectivity index (χ1n) is 8.45. The van der Waals surface area contributed by atoms with Crippen molar-refractivity contribution in [2.24, 2.45) is 0 Å². The molecule has 0 aliphatic heterocycles. The highest BCUT2D eigenvalue weighted by Gasteiger charge is 2.32. The van der Waals surface area contributed by atoms with Gasteiger partial charge >= 0.3 is 5.97 Å². The van der Waals surface area contributed by atoms with Gasteiger partial charge < -0.3 is 20.1 Å². The van der Waals surface area contributed by atoms with Gasteiger partial charge in [0.25, 0.3) is 11.8 Å². The minimum absolute atomic E-state index is 0.274. The molecule has 0 aliphatic rings. The van der Waals surface area contributed by atoms with E-state index in [0.717, 1.165) is 0 Å². The molecule has 0 saturated carbocycles. The minimum Gasteiger partial charge on any atom is -0.476 e. The van der Waals surface area contributed by atoms with Gasteiger partial charge in [0.2, 0.25) is 0 Å². The Bertz CT molecular complexity index is 865. The summed E-state index contributed by atoms with van der Waals surface area (Å²) >= 11 is 5.82. The van der Waals surface area contributed by atoms with E-state index in [2.05, 4.69) is 10.6 Å². The number of carbonyl (C=O) groups excluding carboxylic acids is 3. The lowest BCUT2D eigenvalue weighted by Gasteiger charge is -2.24. The summed E-state index contributed by atoms with van der Waals surface area (Å²) < 4.78 is 10.7. The Morgan fingerprint density at radius 3 is 2.39 bits per heavy atom. The van der Waals surface area contributed by atoms with E-state index in [9.17, 15) is 14.4 Å². The Morgan fingerprint density at radius 2 is 1.75 bits per heavy atom. The maximum absolute atomic E-state index is 12.3. The zero-order valence-electron chi connectivity index (χ0n) is 15.7. The number of nitrogens with one attached hydrogen (secondary N) is 2. The van der Waals surface area contributed by atoms with E-state index >= 15 is 0 Å². The Balaban J connectivity index is 1.90. The van der Waals surface area contributed by atoms with Crippen LogP contribution in [0.5, 0.6) is 5.75 Å². The van der Waals surface area contributed by atoms with Crippen molar-refractivity contribution >= 4 is 35.1 Å². The highest BCUT2D eigenvalue weighted by atomic mass is 35.5. The zero-order valence-corrected chi connectivity index (χ0v) is 16.5. The highest BCUT2D eigenvalue weighted by molar-refractivity contribution is 6.30. The maximum Gasteiger partial charge on any atom is 0.350 e. The van der Waals surface area contributed by atoms with Crippen LogP contribution in [0.4, 0.5) is 5.69 Å². The van der Waals surface area contributed by atoms with Gasteiger partial charge in [0.15, 0.2) is 12.2 Å². The molecule has 2 amide bonds. The zero-order chi connectivity index (χ0) is 20.7. The van der Waals surface area contributed by atoms with Crippen molar-refractivity contribution in [1.82, 2.24) is 5.32 Å². The monoisotopic (exact) mass is 404 g/mol. The van der Waals surface area contributed by atoms with E-state index < -0.39 is 24.1 Å². The van der Waals surface area contributed by atoms with Crippen LogP contribution in [0.3, 0.4) is 0 Å². The molecule has 2 aromatic rings. The van der Waals surface area contributed by atoms with Crippen molar-refractivity contribution in [3.05, 3.63) is 59.1 Å². The van der Waals surface area contributed by atoms with Gasteiger partial charge in [-0.25, -0.2) is 4.79 Å². The average Bonchev–Trinajstić information content (AvgIpc) is 2.67. The largest absolute Gasteiger partial charge is 0.476 e. The van der Waals surface area contributed by atoms with E-state index in [-0.39, 0.29) is 5.91 Å². The van der Waals surface area contributed by atoms with E-state index in [4.69, 9.17) is 21.1 Å². The predicted molar refractivity (Wildman–Crippen MR) is 106 cm³/mol. The lowest BCUT2D eigenvalue weighted by atomic mass is 10.1. The molecule has 7 nitrogen and oxygen atoms in total. The molecule has 0 unspecified atom stereocenters. The molecule has 8 heteroatoms. The fourth-order valence-electron chi connectivity index (χ4n) is 2.22. The molecule has 148 valence electrons. The van der Waals surface area contributed by atoms with Crippen LogP contribution in [-0.4, -0.2) is 37.0 Å². The lowest BCUT2D eigenvalue weighted by molar-refractivity contribution is -0.161. The van der Waals surface area contributed by atoms with Crippen LogP contribution in [0.1, 0.15) is 24.2 Å². The first-order valence-corrected chi connectivity index (χ1v) is 8.83. The third-order valence-corrected chi connectivity index (χ3v) is 3.90. The lowest BCUT2D eigenvalue weighted by Crippen LogP contribution is -2.41. The molecule has 28 heavy (non-hydrogen) atoms. The van der Waals surface area contributed by atoms with Gasteiger partial charge in [-0.05, 0) is 56.3 Å². The summed E-state index contributed by atoms with van der Waals surface area (Å²) in [6.45, 7) is 2.58. The van der Waals surface area contributed by atoms with Crippen LogP contribution in [0.15, 0.2) is 48.5 Å². The minimum atomic E-state index is -1.30. The number of ether oxygens (including phenoxy) is 2. The third-order valence-electron chi connectivity index (χ3n) is 3.65. The number of benzene rings is 2. The molecule has 2 N–H and O–H groups in total. The molecule has 0 saturated heterocycles. The Morgan fingerprint density at radius 1 is 1.07 bits per heavy atom. The normalized spacial score (nSPS) is 10.7. The number of carbonyl (C=O) groups is 3. The SMILES string of the molecule is CNC(=O)c1cccc(NC(=O)COC(=O)C(C)(C)Oc2ccc(Cl)cc2)c1. The van der Waals surface area contributed by atoms with E-state index in [0.29, 0.717) is 22.0 Å². The summed E-state index contributed by atoms with van der Waals surface area (Å²) in [5.74, 6) is -1.06. The van der Waals surface area contributed by atoms with Gasteiger partial charge in [0.1, 0.15) is 5.75 Å². The highest BCUT2D eigenvalue weighted by Crippen LogP contribution is 2.21. The quantitative estimate of drug-likeness (QED) is 0.692. The molecule has 0 radical (unpaired) electrons. The second-order valence-electron chi connectivity index (χ2n) is 6.35. The molecule has 0 heterocycles. The summed E-state index contributed by atoms with van der Waals surface area (Å²) in [4.78, 5) is 35.9. The maximum atomic E-state index is 12.3. The molecule has 0 atom stereocenters. The third kappa shape index (κ3) is 5.99. The van der Waals surface area contributed by atoms with Crippen molar-refractivity contribution < 1.29 is 23.9 Å². The molecule has 0 spiro atoms. The van der Waals surface area contributed by atoms with Gasteiger partial charge in [-0.15, -0.1) is 0 Å². The van der Waals surface area contributed by atoms with Crippen molar-refractivity contribution in [3.8, 4) is 5.75 Å². The first-order chi connectivity index (χ1) is 13.2. The second-order valence-corrected chi connectivity index (χ2v) is 6.79. The fraction of sp³-hybridized carbons (Fsp3) is 0.250. The van der Waals surface area contributed by atoms with E-state index in [1.165, 1.54) is 27.0 Å². The Kier molecular flexibility index (Phi) is 7.00. The number of hydrogen-bond donors (Lipinski definition) is 2. The van der Waals surface area contributed by atoms with Gasteiger partial charge in [-0.3, -0.25) is 9.59 Å². The molecule has 2 aromatic carbocycles. The molecule has 0 aromatic heterocycles. The average molecular weight is 405 g/mol. The standard InChI is InChI=1S/C20H21ClN2O5/c1-20(2,28-16-9-7-14(21)8-10-16)19(26)27-12-17(24)23-15-6-4-5-13(11-15)18(25)22-3/h4-11H,12H2,1-3H3,(H,22,25)(H,23,24). The van der Waals surface area contributed by atoms with E-state index in [1.54, 1.807) is 42.5 Å². The van der Waals surface area contributed by atoms with Crippen LogP contribution in [0.2, 0.25) is 5.02 Å². The number of amides is 2. The molecular formula is C20H21ClN2O5. The Labute approximate surface area is 168 Å². The van der Waals surface area contributed by atoms with Crippen molar-refractivity contribution in [2.45, 2.75) is 19.4 Å². The van der Waals surface area contributed by atoms with Gasteiger partial charge in [0, 0.05) is 23.3 Å². The van der Waals surface area contributed by atoms with Crippen LogP contribution in [0, 0.1) is 0 Å². The van der Waals surface area contributed by atoms with Crippen LogP contribution >= 0.6 is 11.6 Å². The van der Waals surface area contributed by atoms with Crippen molar-refractivity contribution in [1.29, 1.82) is 0 Å². The molecular weight excluding hydrogens is 384 g/mol.